The summed E-state index contributed by atoms with van der Waals surface area (Å²) in [5.74, 6) is 1.91. The lowest BCUT2D eigenvalue weighted by atomic mass is 10.1. The van der Waals surface area contributed by atoms with Gasteiger partial charge in [0, 0.05) is 6.54 Å². The quantitative estimate of drug-likeness (QED) is 0.429. The number of aromatic nitrogens is 5. The molecule has 0 bridgehead atoms. The lowest BCUT2D eigenvalue weighted by Gasteiger charge is -2.23. The first kappa shape index (κ1) is 21.6. The van der Waals surface area contributed by atoms with Gasteiger partial charge in [0.25, 0.3) is 5.91 Å². The highest BCUT2D eigenvalue weighted by molar-refractivity contribution is 5.98. The maximum Gasteiger partial charge on any atom is 0.256 e. The van der Waals surface area contributed by atoms with Crippen LogP contribution >= 0.6 is 0 Å². The highest BCUT2D eigenvalue weighted by atomic mass is 16.5. The van der Waals surface area contributed by atoms with E-state index in [0.29, 0.717) is 41.0 Å². The molecular weight excluding hydrogens is 436 g/mol. The van der Waals surface area contributed by atoms with Crippen LogP contribution in [0.3, 0.4) is 0 Å². The third-order valence-electron chi connectivity index (χ3n) is 5.97. The molecule has 10 heteroatoms. The van der Waals surface area contributed by atoms with E-state index in [0.717, 1.165) is 24.0 Å². The van der Waals surface area contributed by atoms with Crippen LogP contribution in [0.5, 0.6) is 11.5 Å². The van der Waals surface area contributed by atoms with Crippen molar-refractivity contribution in [2.45, 2.75) is 25.8 Å². The number of carbonyl (C=O) groups is 1. The molecule has 0 radical (unpaired) electrons. The molecule has 3 heterocycles. The lowest BCUT2D eigenvalue weighted by molar-refractivity contribution is 0.0709. The highest BCUT2D eigenvalue weighted by Gasteiger charge is 2.36. The molecule has 0 spiro atoms. The predicted molar refractivity (Wildman–Crippen MR) is 122 cm³/mol. The number of rotatable bonds is 6. The number of carbonyl (C=O) groups excluding carboxylic acids is 1. The first-order valence-corrected chi connectivity index (χ1v) is 10.9. The monoisotopic (exact) mass is 460 g/mol. The van der Waals surface area contributed by atoms with E-state index in [9.17, 15) is 4.79 Å². The van der Waals surface area contributed by atoms with Crippen LogP contribution in [0.25, 0.3) is 17.1 Å². The summed E-state index contributed by atoms with van der Waals surface area (Å²) < 4.78 is 16.5. The van der Waals surface area contributed by atoms with Gasteiger partial charge in [-0.3, -0.25) is 4.79 Å². The van der Waals surface area contributed by atoms with Gasteiger partial charge in [0.2, 0.25) is 11.7 Å². The molecule has 1 unspecified atom stereocenters. The number of para-hydroxylation sites is 1. The largest absolute Gasteiger partial charge is 0.496 e. The Kier molecular flexibility index (Phi) is 5.70. The number of benzene rings is 2. The van der Waals surface area contributed by atoms with Gasteiger partial charge in [-0.15, -0.1) is 0 Å². The Bertz CT molecular complexity index is 1320. The van der Waals surface area contributed by atoms with Crippen molar-refractivity contribution in [3.8, 4) is 28.6 Å². The second-order valence-corrected chi connectivity index (χ2v) is 7.97. The van der Waals surface area contributed by atoms with Crippen molar-refractivity contribution >= 4 is 5.91 Å². The molecule has 10 nitrogen and oxygen atoms in total. The fourth-order valence-corrected chi connectivity index (χ4v) is 4.30. The average Bonchev–Trinajstić information content (AvgIpc) is 3.64. The van der Waals surface area contributed by atoms with Gasteiger partial charge in [-0.25, -0.2) is 0 Å². The first-order valence-electron chi connectivity index (χ1n) is 10.9. The van der Waals surface area contributed by atoms with Gasteiger partial charge in [0.15, 0.2) is 0 Å². The molecule has 1 atom stereocenters. The van der Waals surface area contributed by atoms with Crippen LogP contribution in [-0.2, 0) is 0 Å². The van der Waals surface area contributed by atoms with Gasteiger partial charge < -0.3 is 18.9 Å². The van der Waals surface area contributed by atoms with Gasteiger partial charge in [0.05, 0.1) is 43.4 Å². The summed E-state index contributed by atoms with van der Waals surface area (Å²) in [6.07, 6.45) is 4.69. The van der Waals surface area contributed by atoms with Crippen LogP contribution in [0.15, 0.2) is 53.3 Å². The number of nitrogens with zero attached hydrogens (tertiary/aromatic N) is 6. The van der Waals surface area contributed by atoms with Crippen molar-refractivity contribution in [1.82, 2.24) is 30.0 Å². The number of aryl methyl sites for hydroxylation is 1. The zero-order valence-electron chi connectivity index (χ0n) is 19.1. The van der Waals surface area contributed by atoms with Crippen LogP contribution in [0.4, 0.5) is 0 Å². The molecule has 2 aromatic carbocycles. The fraction of sp³-hybridized carbons (Fsp3) is 0.292. The number of methoxy groups -OCH3 is 2. The van der Waals surface area contributed by atoms with E-state index in [4.69, 9.17) is 14.0 Å². The van der Waals surface area contributed by atoms with E-state index in [1.54, 1.807) is 37.6 Å². The maximum atomic E-state index is 13.8. The molecule has 0 N–H and O–H groups in total. The summed E-state index contributed by atoms with van der Waals surface area (Å²) in [7, 11) is 3.18. The van der Waals surface area contributed by atoms with E-state index >= 15 is 0 Å². The summed E-state index contributed by atoms with van der Waals surface area (Å²) in [4.78, 5) is 21.6. The van der Waals surface area contributed by atoms with E-state index in [2.05, 4.69) is 20.3 Å². The summed E-state index contributed by atoms with van der Waals surface area (Å²) in [5, 5.41) is 12.6. The van der Waals surface area contributed by atoms with Crippen molar-refractivity contribution < 1.29 is 18.8 Å². The SMILES string of the molecule is COc1cc(C(=O)N2CCCC2c2nc(-c3ccccc3OC)no2)c(-n2nccn2)cc1C. The van der Waals surface area contributed by atoms with E-state index in [1.807, 2.05) is 37.3 Å². The Balaban J connectivity index is 1.50. The summed E-state index contributed by atoms with van der Waals surface area (Å²) >= 11 is 0. The Morgan fingerprint density at radius 1 is 1.09 bits per heavy atom. The molecule has 4 aromatic rings. The Labute approximate surface area is 196 Å². The highest BCUT2D eigenvalue weighted by Crippen LogP contribution is 2.36. The van der Waals surface area contributed by atoms with E-state index < -0.39 is 0 Å². The van der Waals surface area contributed by atoms with Gasteiger partial charge in [-0.05, 0) is 49.6 Å². The van der Waals surface area contributed by atoms with Crippen LogP contribution in [0, 0.1) is 6.92 Å². The predicted octanol–water partition coefficient (Wildman–Crippen LogP) is 3.62. The average molecular weight is 460 g/mol. The van der Waals surface area contributed by atoms with Crippen LogP contribution in [0.1, 0.15) is 40.7 Å². The first-order chi connectivity index (χ1) is 16.6. The molecule has 1 amide bonds. The zero-order valence-corrected chi connectivity index (χ0v) is 19.1. The lowest BCUT2D eigenvalue weighted by Crippen LogP contribution is -2.31. The molecule has 1 aliphatic heterocycles. The third kappa shape index (κ3) is 3.76. The number of amides is 1. The Morgan fingerprint density at radius 2 is 1.85 bits per heavy atom. The van der Waals surface area contributed by atoms with Crippen LogP contribution in [0.2, 0.25) is 0 Å². The molecule has 34 heavy (non-hydrogen) atoms. The van der Waals surface area contributed by atoms with E-state index in [1.165, 1.54) is 4.80 Å². The van der Waals surface area contributed by atoms with Gasteiger partial charge in [-0.2, -0.15) is 20.0 Å². The second-order valence-electron chi connectivity index (χ2n) is 7.97. The normalized spacial score (nSPS) is 15.5. The second kappa shape index (κ2) is 8.97. The Hall–Kier alpha value is -4.21. The van der Waals surface area contributed by atoms with Gasteiger partial charge in [0.1, 0.15) is 17.5 Å². The summed E-state index contributed by atoms with van der Waals surface area (Å²) in [6, 6.07) is 10.7. The molecule has 1 saturated heterocycles. The van der Waals surface area contributed by atoms with E-state index in [-0.39, 0.29) is 11.9 Å². The standard InChI is InChI=1S/C24H24N6O4/c1-15-13-19(30-25-10-11-26-30)17(14-21(15)33-3)24(31)29-12-6-8-18(29)23-27-22(28-34-23)16-7-4-5-9-20(16)32-2/h4-5,7,9-11,13-14,18H,6,8,12H2,1-3H3. The van der Waals surface area contributed by atoms with Crippen molar-refractivity contribution in [2.24, 2.45) is 0 Å². The third-order valence-corrected chi connectivity index (χ3v) is 5.97. The molecule has 174 valence electrons. The van der Waals surface area contributed by atoms with Crippen molar-refractivity contribution in [3.63, 3.8) is 0 Å². The minimum Gasteiger partial charge on any atom is -0.496 e. The minimum atomic E-state index is -0.339. The van der Waals surface area contributed by atoms with Crippen molar-refractivity contribution in [2.75, 3.05) is 20.8 Å². The molecule has 1 aliphatic rings. The molecule has 5 rings (SSSR count). The van der Waals surface area contributed by atoms with Crippen LogP contribution in [-0.4, -0.2) is 56.7 Å². The zero-order chi connectivity index (χ0) is 23.7. The smallest absolute Gasteiger partial charge is 0.256 e. The number of hydrogen-bond acceptors (Lipinski definition) is 8. The molecule has 0 saturated carbocycles. The summed E-state index contributed by atoms with van der Waals surface area (Å²) in [6.45, 7) is 2.48. The van der Waals surface area contributed by atoms with Crippen molar-refractivity contribution in [3.05, 3.63) is 65.8 Å². The topological polar surface area (TPSA) is 108 Å². The molecular formula is C24H24N6O4. The fourth-order valence-electron chi connectivity index (χ4n) is 4.30. The number of hydrogen-bond donors (Lipinski definition) is 0. The maximum absolute atomic E-state index is 13.8. The van der Waals surface area contributed by atoms with Crippen LogP contribution < -0.4 is 9.47 Å². The Morgan fingerprint density at radius 3 is 2.62 bits per heavy atom. The molecule has 1 fully saturated rings. The minimum absolute atomic E-state index is 0.176. The van der Waals surface area contributed by atoms with Gasteiger partial charge in [-0.1, -0.05) is 17.3 Å². The van der Waals surface area contributed by atoms with Crippen molar-refractivity contribution in [1.29, 1.82) is 0 Å². The number of ether oxygens (including phenoxy) is 2. The summed E-state index contributed by atoms with van der Waals surface area (Å²) in [5.41, 5.74) is 2.63. The van der Waals surface area contributed by atoms with Gasteiger partial charge >= 0.3 is 0 Å². The molecule has 2 aromatic heterocycles. The number of likely N-dealkylation sites (tertiary alicyclic amines) is 1. The molecule has 0 aliphatic carbocycles.